The molecule has 7 rings (SSSR count). The third-order valence-electron chi connectivity index (χ3n) is 6.88. The van der Waals surface area contributed by atoms with E-state index < -0.39 is 9.84 Å². The molecule has 0 fully saturated rings. The largest absolute Gasteiger partial charge is 0.243 e. The van der Waals surface area contributed by atoms with Crippen LogP contribution >= 0.6 is 0 Å². The van der Waals surface area contributed by atoms with Gasteiger partial charge in [0, 0.05) is 0 Å². The van der Waals surface area contributed by atoms with Crippen LogP contribution in [0.5, 0.6) is 0 Å². The molecular weight excluding hydrogens is 411 g/mol. The summed E-state index contributed by atoms with van der Waals surface area (Å²) in [5, 5.41) is 6.21. The lowest BCUT2D eigenvalue weighted by Crippen LogP contribution is -2.52. The smallest absolute Gasteiger partial charge is 0.219 e. The van der Waals surface area contributed by atoms with Gasteiger partial charge in [-0.15, -0.1) is 0 Å². The van der Waals surface area contributed by atoms with E-state index in [-0.39, 0.29) is 6.71 Å². The molecule has 32 heavy (non-hydrogen) atoms. The van der Waals surface area contributed by atoms with E-state index in [1.165, 1.54) is 0 Å². The van der Waals surface area contributed by atoms with Gasteiger partial charge in [0.05, 0.1) is 9.79 Å². The molecule has 0 bridgehead atoms. The summed E-state index contributed by atoms with van der Waals surface area (Å²) >= 11 is 0. The Morgan fingerprint density at radius 3 is 2.03 bits per heavy atom. The van der Waals surface area contributed by atoms with Gasteiger partial charge >= 0.3 is 0 Å². The van der Waals surface area contributed by atoms with Crippen LogP contribution in [-0.4, -0.2) is 15.1 Å². The van der Waals surface area contributed by atoms with Gasteiger partial charge in [-0.05, 0) is 49.9 Å². The zero-order valence-electron chi connectivity index (χ0n) is 17.1. The van der Waals surface area contributed by atoms with Crippen molar-refractivity contribution in [2.75, 3.05) is 0 Å². The van der Waals surface area contributed by atoms with Crippen molar-refractivity contribution >= 4 is 65.3 Å². The molecule has 6 aromatic carbocycles. The zero-order valence-corrected chi connectivity index (χ0v) is 17.9. The average Bonchev–Trinajstić information content (AvgIpc) is 2.91. The van der Waals surface area contributed by atoms with Gasteiger partial charge in [-0.2, -0.15) is 0 Å². The van der Waals surface area contributed by atoms with Crippen LogP contribution in [0.2, 0.25) is 0 Å². The van der Waals surface area contributed by atoms with Crippen LogP contribution in [0.1, 0.15) is 0 Å². The first kappa shape index (κ1) is 18.0. The molecular formula is C28H17BO2S. The Hall–Kier alpha value is -3.63. The van der Waals surface area contributed by atoms with Crippen LogP contribution in [0.15, 0.2) is 113 Å². The number of hydrogen-bond donors (Lipinski definition) is 0. The molecule has 0 saturated heterocycles. The van der Waals surface area contributed by atoms with Gasteiger partial charge in [-0.3, -0.25) is 0 Å². The molecule has 0 radical (unpaired) electrons. The molecule has 0 saturated carbocycles. The Kier molecular flexibility index (Phi) is 3.49. The fraction of sp³-hybridized carbons (Fsp3) is 0. The Labute approximate surface area is 186 Å². The summed E-state index contributed by atoms with van der Waals surface area (Å²) in [5.74, 6) is 0. The van der Waals surface area contributed by atoms with Gasteiger partial charge in [0.1, 0.15) is 0 Å². The van der Waals surface area contributed by atoms with Crippen molar-refractivity contribution in [3.63, 3.8) is 0 Å². The van der Waals surface area contributed by atoms with E-state index >= 15 is 0 Å². The minimum atomic E-state index is -3.71. The highest BCUT2D eigenvalue weighted by Gasteiger charge is 2.37. The number of fused-ring (bicyclic) bond motifs is 1. The normalized spacial score (nSPS) is 14.7. The number of rotatable bonds is 1. The van der Waals surface area contributed by atoms with E-state index in [0.717, 1.165) is 48.7 Å². The molecule has 150 valence electrons. The summed E-state index contributed by atoms with van der Waals surface area (Å²) in [6.07, 6.45) is 0. The predicted molar refractivity (Wildman–Crippen MR) is 133 cm³/mol. The first-order valence-corrected chi connectivity index (χ1v) is 12.2. The van der Waals surface area contributed by atoms with Gasteiger partial charge in [-0.25, -0.2) is 8.42 Å². The molecule has 0 amide bonds. The van der Waals surface area contributed by atoms with Crippen LogP contribution in [-0.2, 0) is 9.84 Å². The van der Waals surface area contributed by atoms with Gasteiger partial charge in [0.2, 0.25) is 16.6 Å². The van der Waals surface area contributed by atoms with Crippen molar-refractivity contribution in [1.29, 1.82) is 0 Å². The number of benzene rings is 6. The maximum atomic E-state index is 14.1. The fourth-order valence-electron chi connectivity index (χ4n) is 5.55. The van der Waals surface area contributed by atoms with Crippen molar-refractivity contribution in [3.8, 4) is 0 Å². The molecule has 0 atom stereocenters. The molecule has 2 nitrogen and oxygen atoms in total. The van der Waals surface area contributed by atoms with E-state index in [1.807, 2.05) is 54.6 Å². The molecule has 0 unspecified atom stereocenters. The van der Waals surface area contributed by atoms with Crippen LogP contribution < -0.4 is 16.4 Å². The Balaban J connectivity index is 1.79. The zero-order chi connectivity index (χ0) is 21.4. The first-order chi connectivity index (χ1) is 15.6. The average molecular weight is 428 g/mol. The van der Waals surface area contributed by atoms with E-state index in [4.69, 9.17) is 0 Å². The highest BCUT2D eigenvalue weighted by atomic mass is 32.2. The Bertz CT molecular complexity index is 1790. The molecule has 0 spiro atoms. The third kappa shape index (κ3) is 2.22. The van der Waals surface area contributed by atoms with Crippen LogP contribution in [0, 0.1) is 0 Å². The maximum Gasteiger partial charge on any atom is 0.243 e. The standard InChI is InChI=1S/C28H17BO2S/c30-32(31)24-12-5-4-11-22(24)29(21-9-2-1-3-10-21)23-16-15-19-14-13-18-7-6-8-20-17-25(32)28(23)27(19)26(18)20/h1-17H. The molecule has 0 aromatic heterocycles. The quantitative estimate of drug-likeness (QED) is 0.290. The molecule has 6 aromatic rings. The minimum Gasteiger partial charge on any atom is -0.219 e. The minimum absolute atomic E-state index is 0.159. The summed E-state index contributed by atoms with van der Waals surface area (Å²) in [5.41, 5.74) is 2.98. The second-order valence-corrected chi connectivity index (χ2v) is 10.4. The summed E-state index contributed by atoms with van der Waals surface area (Å²) in [6, 6.07) is 34.2. The van der Waals surface area contributed by atoms with Crippen molar-refractivity contribution in [2.24, 2.45) is 0 Å². The second kappa shape index (κ2) is 6.21. The molecule has 1 aliphatic rings. The van der Waals surface area contributed by atoms with Crippen LogP contribution in [0.4, 0.5) is 0 Å². The van der Waals surface area contributed by atoms with Gasteiger partial charge in [0.15, 0.2) is 0 Å². The maximum absolute atomic E-state index is 14.1. The third-order valence-corrected chi connectivity index (χ3v) is 8.73. The highest BCUT2D eigenvalue weighted by Crippen LogP contribution is 2.39. The first-order valence-electron chi connectivity index (χ1n) is 10.7. The van der Waals surface area contributed by atoms with Gasteiger partial charge < -0.3 is 0 Å². The highest BCUT2D eigenvalue weighted by molar-refractivity contribution is 7.92. The summed E-state index contributed by atoms with van der Waals surface area (Å²) in [6.45, 7) is -0.159. The summed E-state index contributed by atoms with van der Waals surface area (Å²) in [4.78, 5) is 0.811. The second-order valence-electron chi connectivity index (χ2n) is 8.53. The van der Waals surface area contributed by atoms with Gasteiger partial charge in [-0.1, -0.05) is 102 Å². The van der Waals surface area contributed by atoms with E-state index in [1.54, 1.807) is 6.07 Å². The Morgan fingerprint density at radius 1 is 0.500 bits per heavy atom. The van der Waals surface area contributed by atoms with Crippen molar-refractivity contribution in [3.05, 3.63) is 103 Å². The molecule has 1 heterocycles. The summed E-state index contributed by atoms with van der Waals surface area (Å²) in [7, 11) is -3.71. The molecule has 0 N–H and O–H groups in total. The number of sulfone groups is 1. The van der Waals surface area contributed by atoms with Crippen molar-refractivity contribution in [1.82, 2.24) is 0 Å². The SMILES string of the molecule is O=S1(=O)c2ccccc2B(c2ccccc2)c2ccc3ccc4cccc5cc1c2c3c45. The predicted octanol–water partition coefficient (Wildman–Crippen LogP) is 4.25. The molecule has 0 aliphatic carbocycles. The summed E-state index contributed by atoms with van der Waals surface area (Å²) < 4.78 is 28.2. The topological polar surface area (TPSA) is 34.1 Å². The van der Waals surface area contributed by atoms with E-state index in [2.05, 4.69) is 42.5 Å². The molecule has 4 heteroatoms. The van der Waals surface area contributed by atoms with E-state index in [9.17, 15) is 8.42 Å². The van der Waals surface area contributed by atoms with Crippen LogP contribution in [0.3, 0.4) is 0 Å². The lowest BCUT2D eigenvalue weighted by molar-refractivity contribution is 0.598. The number of hydrogen-bond acceptors (Lipinski definition) is 2. The van der Waals surface area contributed by atoms with Crippen LogP contribution in [0.25, 0.3) is 32.3 Å². The van der Waals surface area contributed by atoms with Gasteiger partial charge in [0.25, 0.3) is 0 Å². The lowest BCUT2D eigenvalue weighted by Gasteiger charge is -2.19. The fourth-order valence-corrected chi connectivity index (χ4v) is 7.31. The Morgan fingerprint density at radius 2 is 1.19 bits per heavy atom. The lowest BCUT2D eigenvalue weighted by atomic mass is 9.36. The van der Waals surface area contributed by atoms with Crippen molar-refractivity contribution in [2.45, 2.75) is 9.79 Å². The van der Waals surface area contributed by atoms with E-state index in [0.29, 0.717) is 9.79 Å². The monoisotopic (exact) mass is 428 g/mol. The molecule has 1 aliphatic heterocycles. The van der Waals surface area contributed by atoms with Crippen molar-refractivity contribution < 1.29 is 8.42 Å².